The molecular weight excluding hydrogens is 312 g/mol. The van der Waals surface area contributed by atoms with Crippen LogP contribution < -0.4 is 10.1 Å². The zero-order valence-corrected chi connectivity index (χ0v) is 14.5. The molecule has 0 fully saturated rings. The van der Waals surface area contributed by atoms with E-state index in [0.29, 0.717) is 17.4 Å². The zero-order chi connectivity index (χ0) is 16.7. The number of rotatable bonds is 8. The van der Waals surface area contributed by atoms with Gasteiger partial charge < -0.3 is 14.5 Å². The van der Waals surface area contributed by atoms with Crippen molar-refractivity contribution in [3.63, 3.8) is 0 Å². The SMILES string of the molecule is CCCNC(=O)CSCc1nc(-c2cccc(OC)c2)oc1C. The number of thioether (sulfide) groups is 1. The normalized spacial score (nSPS) is 10.6. The standard InChI is InChI=1S/C17H22N2O3S/c1-4-8-18-16(20)11-23-10-15-12(2)22-17(19-15)13-6-5-7-14(9-13)21-3/h5-7,9H,4,8,10-11H2,1-3H3,(H,18,20). The Labute approximate surface area is 140 Å². The number of aryl methyl sites for hydroxylation is 1. The number of oxazole rings is 1. The molecule has 1 aromatic heterocycles. The van der Waals surface area contributed by atoms with Crippen molar-refractivity contribution in [1.82, 2.24) is 10.3 Å². The minimum atomic E-state index is 0.0611. The first-order chi connectivity index (χ1) is 11.1. The first-order valence-electron chi connectivity index (χ1n) is 7.59. The van der Waals surface area contributed by atoms with Crippen molar-refractivity contribution in [2.75, 3.05) is 19.4 Å². The first kappa shape index (κ1) is 17.4. The lowest BCUT2D eigenvalue weighted by Gasteiger charge is -2.02. The number of ether oxygens (including phenoxy) is 1. The van der Waals surface area contributed by atoms with Gasteiger partial charge in [0, 0.05) is 17.9 Å². The molecule has 0 bridgehead atoms. The van der Waals surface area contributed by atoms with E-state index in [9.17, 15) is 4.79 Å². The second-order valence-electron chi connectivity index (χ2n) is 5.10. The molecule has 1 heterocycles. The van der Waals surface area contributed by atoms with Crippen molar-refractivity contribution in [2.24, 2.45) is 0 Å². The van der Waals surface area contributed by atoms with Crippen LogP contribution in [0.1, 0.15) is 24.8 Å². The van der Waals surface area contributed by atoms with Gasteiger partial charge in [-0.05, 0) is 31.5 Å². The molecule has 0 spiro atoms. The molecule has 0 saturated carbocycles. The topological polar surface area (TPSA) is 64.4 Å². The van der Waals surface area contributed by atoms with Gasteiger partial charge in [0.1, 0.15) is 11.5 Å². The molecule has 0 atom stereocenters. The van der Waals surface area contributed by atoms with Gasteiger partial charge in [-0.25, -0.2) is 4.98 Å². The van der Waals surface area contributed by atoms with Crippen LogP contribution >= 0.6 is 11.8 Å². The molecule has 0 aliphatic carbocycles. The molecule has 124 valence electrons. The van der Waals surface area contributed by atoms with Gasteiger partial charge in [0.2, 0.25) is 11.8 Å². The highest BCUT2D eigenvalue weighted by Crippen LogP contribution is 2.26. The quantitative estimate of drug-likeness (QED) is 0.801. The fourth-order valence-electron chi connectivity index (χ4n) is 2.00. The lowest BCUT2D eigenvalue weighted by molar-refractivity contribution is -0.118. The molecule has 0 aliphatic heterocycles. The summed E-state index contributed by atoms with van der Waals surface area (Å²) in [4.78, 5) is 16.1. The van der Waals surface area contributed by atoms with Gasteiger partial charge in [-0.2, -0.15) is 0 Å². The molecule has 0 saturated heterocycles. The lowest BCUT2D eigenvalue weighted by Crippen LogP contribution is -2.25. The van der Waals surface area contributed by atoms with Crippen molar-refractivity contribution in [1.29, 1.82) is 0 Å². The molecule has 6 heteroatoms. The van der Waals surface area contributed by atoms with Crippen LogP contribution in [-0.2, 0) is 10.5 Å². The number of nitrogens with zero attached hydrogens (tertiary/aromatic N) is 1. The molecule has 2 rings (SSSR count). The Balaban J connectivity index is 1.96. The van der Waals surface area contributed by atoms with Crippen LogP contribution in [0.25, 0.3) is 11.5 Å². The molecule has 23 heavy (non-hydrogen) atoms. The van der Waals surface area contributed by atoms with E-state index >= 15 is 0 Å². The number of aromatic nitrogens is 1. The predicted molar refractivity (Wildman–Crippen MR) is 92.7 cm³/mol. The number of hydrogen-bond acceptors (Lipinski definition) is 5. The monoisotopic (exact) mass is 334 g/mol. The van der Waals surface area contributed by atoms with Gasteiger partial charge in [-0.1, -0.05) is 13.0 Å². The largest absolute Gasteiger partial charge is 0.497 e. The van der Waals surface area contributed by atoms with E-state index in [2.05, 4.69) is 10.3 Å². The number of carbonyl (C=O) groups is 1. The number of amides is 1. The second-order valence-corrected chi connectivity index (χ2v) is 6.08. The van der Waals surface area contributed by atoms with E-state index in [1.807, 2.05) is 38.1 Å². The molecule has 1 N–H and O–H groups in total. The summed E-state index contributed by atoms with van der Waals surface area (Å²) in [5.74, 6) is 3.27. The van der Waals surface area contributed by atoms with Gasteiger partial charge in [0.05, 0.1) is 18.6 Å². The molecule has 5 nitrogen and oxygen atoms in total. The van der Waals surface area contributed by atoms with Gasteiger partial charge in [-0.15, -0.1) is 11.8 Å². The van der Waals surface area contributed by atoms with Crippen LogP contribution in [0.4, 0.5) is 0 Å². The van der Waals surface area contributed by atoms with Crippen molar-refractivity contribution < 1.29 is 13.9 Å². The van der Waals surface area contributed by atoms with E-state index in [1.54, 1.807) is 7.11 Å². The maximum absolute atomic E-state index is 11.6. The lowest BCUT2D eigenvalue weighted by atomic mass is 10.2. The highest BCUT2D eigenvalue weighted by Gasteiger charge is 2.12. The molecule has 1 amide bonds. The van der Waals surface area contributed by atoms with E-state index in [0.717, 1.165) is 35.7 Å². The van der Waals surface area contributed by atoms with Crippen molar-refractivity contribution >= 4 is 17.7 Å². The van der Waals surface area contributed by atoms with E-state index in [1.165, 1.54) is 11.8 Å². The summed E-state index contributed by atoms with van der Waals surface area (Å²) in [5.41, 5.74) is 1.75. The van der Waals surface area contributed by atoms with Crippen molar-refractivity contribution in [3.05, 3.63) is 35.7 Å². The molecule has 0 aliphatic rings. The number of carbonyl (C=O) groups excluding carboxylic acids is 1. The predicted octanol–water partition coefficient (Wildman–Crippen LogP) is 3.42. The highest BCUT2D eigenvalue weighted by molar-refractivity contribution is 7.99. The third-order valence-electron chi connectivity index (χ3n) is 3.25. The Bertz CT molecular complexity index is 655. The van der Waals surface area contributed by atoms with Crippen LogP contribution in [0.5, 0.6) is 5.75 Å². The van der Waals surface area contributed by atoms with Crippen LogP contribution in [0.3, 0.4) is 0 Å². The Hall–Kier alpha value is -1.95. The Morgan fingerprint density at radius 3 is 3.00 bits per heavy atom. The van der Waals surface area contributed by atoms with Crippen LogP contribution in [0.2, 0.25) is 0 Å². The zero-order valence-electron chi connectivity index (χ0n) is 13.7. The third-order valence-corrected chi connectivity index (χ3v) is 4.20. The minimum Gasteiger partial charge on any atom is -0.497 e. The van der Waals surface area contributed by atoms with Gasteiger partial charge >= 0.3 is 0 Å². The fourth-order valence-corrected chi connectivity index (χ4v) is 2.85. The van der Waals surface area contributed by atoms with Crippen LogP contribution in [0, 0.1) is 6.92 Å². The van der Waals surface area contributed by atoms with E-state index in [4.69, 9.17) is 9.15 Å². The van der Waals surface area contributed by atoms with Gasteiger partial charge in [0.15, 0.2) is 0 Å². The van der Waals surface area contributed by atoms with Gasteiger partial charge in [-0.3, -0.25) is 4.79 Å². The Kier molecular flexibility index (Phi) is 6.52. The molecule has 2 aromatic rings. The van der Waals surface area contributed by atoms with Crippen LogP contribution in [-0.4, -0.2) is 30.3 Å². The van der Waals surface area contributed by atoms with Crippen molar-refractivity contribution in [3.8, 4) is 17.2 Å². The van der Waals surface area contributed by atoms with E-state index < -0.39 is 0 Å². The van der Waals surface area contributed by atoms with E-state index in [-0.39, 0.29) is 5.91 Å². The Morgan fingerprint density at radius 1 is 1.43 bits per heavy atom. The number of nitrogens with one attached hydrogen (secondary N) is 1. The molecule has 1 aromatic carbocycles. The number of benzene rings is 1. The molecular formula is C17H22N2O3S. The average Bonchev–Trinajstić information content (AvgIpc) is 2.94. The third kappa shape index (κ3) is 5.03. The summed E-state index contributed by atoms with van der Waals surface area (Å²) in [7, 11) is 1.63. The summed E-state index contributed by atoms with van der Waals surface area (Å²) in [6, 6.07) is 7.61. The maximum Gasteiger partial charge on any atom is 0.230 e. The number of hydrogen-bond donors (Lipinski definition) is 1. The summed E-state index contributed by atoms with van der Waals surface area (Å²) in [5, 5.41) is 2.86. The maximum atomic E-state index is 11.6. The van der Waals surface area contributed by atoms with Crippen LogP contribution in [0.15, 0.2) is 28.7 Å². The summed E-state index contributed by atoms with van der Waals surface area (Å²) < 4.78 is 11.0. The summed E-state index contributed by atoms with van der Waals surface area (Å²) >= 11 is 1.54. The Morgan fingerprint density at radius 2 is 2.26 bits per heavy atom. The summed E-state index contributed by atoms with van der Waals surface area (Å²) in [6.07, 6.45) is 0.947. The van der Waals surface area contributed by atoms with Gasteiger partial charge in [0.25, 0.3) is 0 Å². The van der Waals surface area contributed by atoms with Crippen molar-refractivity contribution in [2.45, 2.75) is 26.0 Å². The molecule has 0 radical (unpaired) electrons. The first-order valence-corrected chi connectivity index (χ1v) is 8.74. The molecule has 0 unspecified atom stereocenters. The number of methoxy groups -OCH3 is 1. The smallest absolute Gasteiger partial charge is 0.230 e. The second kappa shape index (κ2) is 8.62. The summed E-state index contributed by atoms with van der Waals surface area (Å²) in [6.45, 7) is 4.65. The fraction of sp³-hybridized carbons (Fsp3) is 0.412. The minimum absolute atomic E-state index is 0.0611. The average molecular weight is 334 g/mol. The highest BCUT2D eigenvalue weighted by atomic mass is 32.2.